The van der Waals surface area contributed by atoms with Crippen molar-refractivity contribution in [1.82, 2.24) is 5.32 Å². The van der Waals surface area contributed by atoms with Gasteiger partial charge in [-0.2, -0.15) is 0 Å². The summed E-state index contributed by atoms with van der Waals surface area (Å²) < 4.78 is 13.7. The number of carbonyl (C=O) groups excluding carboxylic acids is 1. The van der Waals surface area contributed by atoms with Crippen LogP contribution in [0.1, 0.15) is 43.5 Å². The molecule has 1 N–H and O–H groups in total. The van der Waals surface area contributed by atoms with Crippen molar-refractivity contribution in [2.45, 2.75) is 33.1 Å². The van der Waals surface area contributed by atoms with Crippen molar-refractivity contribution < 1.29 is 9.18 Å². The van der Waals surface area contributed by atoms with E-state index in [1.54, 1.807) is 0 Å². The van der Waals surface area contributed by atoms with E-state index < -0.39 is 11.2 Å². The first-order valence-corrected chi connectivity index (χ1v) is 8.01. The van der Waals surface area contributed by atoms with E-state index in [4.69, 9.17) is 23.2 Å². The SMILES string of the molecule is CC(C)CC[C@@]1(C(=O)c2cc(F)c(Cl)c(Cl)c2)CCNC1. The molecular weight excluding hydrogens is 312 g/mol. The fourth-order valence-corrected chi connectivity index (χ4v) is 3.14. The summed E-state index contributed by atoms with van der Waals surface area (Å²) in [4.78, 5) is 12.9. The molecule has 116 valence electrons. The minimum Gasteiger partial charge on any atom is -0.316 e. The molecule has 1 heterocycles. The van der Waals surface area contributed by atoms with Gasteiger partial charge in [-0.05, 0) is 43.9 Å². The Balaban J connectivity index is 2.30. The van der Waals surface area contributed by atoms with Crippen LogP contribution in [0, 0.1) is 17.2 Å². The minimum absolute atomic E-state index is 0.0365. The van der Waals surface area contributed by atoms with Gasteiger partial charge in [-0.15, -0.1) is 0 Å². The van der Waals surface area contributed by atoms with Gasteiger partial charge in [0.15, 0.2) is 5.78 Å². The van der Waals surface area contributed by atoms with Crippen LogP contribution >= 0.6 is 23.2 Å². The van der Waals surface area contributed by atoms with Crippen molar-refractivity contribution in [2.24, 2.45) is 11.3 Å². The molecule has 2 nitrogen and oxygen atoms in total. The summed E-state index contributed by atoms with van der Waals surface area (Å²) in [5, 5.41) is 3.21. The average Bonchev–Trinajstić information content (AvgIpc) is 2.91. The molecule has 5 heteroatoms. The fraction of sp³-hybridized carbons (Fsp3) is 0.562. The third kappa shape index (κ3) is 3.58. The Labute approximate surface area is 135 Å². The molecule has 1 fully saturated rings. The fourth-order valence-electron chi connectivity index (χ4n) is 2.82. The maximum Gasteiger partial charge on any atom is 0.170 e. The van der Waals surface area contributed by atoms with E-state index in [0.717, 1.165) is 25.8 Å². The van der Waals surface area contributed by atoms with Gasteiger partial charge in [-0.25, -0.2) is 4.39 Å². The lowest BCUT2D eigenvalue weighted by Gasteiger charge is -2.27. The number of benzene rings is 1. The molecule has 0 spiro atoms. The average molecular weight is 332 g/mol. The minimum atomic E-state index is -0.641. The molecule has 1 saturated heterocycles. The second-order valence-electron chi connectivity index (χ2n) is 6.22. The van der Waals surface area contributed by atoms with Crippen molar-refractivity contribution in [1.29, 1.82) is 0 Å². The van der Waals surface area contributed by atoms with Crippen LogP contribution in [-0.2, 0) is 0 Å². The second kappa shape index (κ2) is 6.64. The summed E-state index contributed by atoms with van der Waals surface area (Å²) >= 11 is 11.6. The Hall–Kier alpha value is -0.640. The molecule has 1 aliphatic rings. The first kappa shape index (κ1) is 16.7. The van der Waals surface area contributed by atoms with E-state index >= 15 is 0 Å². The van der Waals surface area contributed by atoms with E-state index in [-0.39, 0.29) is 15.8 Å². The van der Waals surface area contributed by atoms with Gasteiger partial charge >= 0.3 is 0 Å². The molecule has 0 amide bonds. The highest BCUT2D eigenvalue weighted by Crippen LogP contribution is 2.37. The van der Waals surface area contributed by atoms with Gasteiger partial charge in [0.2, 0.25) is 0 Å². The van der Waals surface area contributed by atoms with Crippen LogP contribution in [-0.4, -0.2) is 18.9 Å². The largest absolute Gasteiger partial charge is 0.316 e. The molecule has 1 aromatic rings. The van der Waals surface area contributed by atoms with Crippen LogP contribution in [0.15, 0.2) is 12.1 Å². The number of hydrogen-bond acceptors (Lipinski definition) is 2. The van der Waals surface area contributed by atoms with Gasteiger partial charge in [-0.1, -0.05) is 37.0 Å². The third-order valence-electron chi connectivity index (χ3n) is 4.17. The Morgan fingerprint density at radius 2 is 2.14 bits per heavy atom. The number of rotatable bonds is 5. The Kier molecular flexibility index (Phi) is 5.29. The summed E-state index contributed by atoms with van der Waals surface area (Å²) in [6.45, 7) is 5.73. The predicted octanol–water partition coefficient (Wildman–Crippen LogP) is 4.73. The maximum absolute atomic E-state index is 13.7. The van der Waals surface area contributed by atoms with Crippen LogP contribution < -0.4 is 5.32 Å². The first-order chi connectivity index (χ1) is 9.85. The van der Waals surface area contributed by atoms with Gasteiger partial charge in [0, 0.05) is 17.5 Å². The summed E-state index contributed by atoms with van der Waals surface area (Å²) in [7, 11) is 0. The zero-order valence-electron chi connectivity index (χ0n) is 12.3. The van der Waals surface area contributed by atoms with E-state index in [0.29, 0.717) is 18.0 Å². The van der Waals surface area contributed by atoms with Crippen molar-refractivity contribution in [3.05, 3.63) is 33.6 Å². The number of halogens is 3. The van der Waals surface area contributed by atoms with E-state index in [2.05, 4.69) is 19.2 Å². The normalized spacial score (nSPS) is 22.0. The Morgan fingerprint density at radius 3 is 2.67 bits per heavy atom. The van der Waals surface area contributed by atoms with Crippen LogP contribution in [0.5, 0.6) is 0 Å². The van der Waals surface area contributed by atoms with Crippen LogP contribution in [0.25, 0.3) is 0 Å². The van der Waals surface area contributed by atoms with Crippen molar-refractivity contribution in [3.8, 4) is 0 Å². The molecule has 1 aromatic carbocycles. The third-order valence-corrected chi connectivity index (χ3v) is 4.95. The molecule has 0 radical (unpaired) electrons. The smallest absolute Gasteiger partial charge is 0.170 e. The summed E-state index contributed by atoms with van der Waals surface area (Å²) in [6, 6.07) is 2.68. The molecule has 0 saturated carbocycles. The van der Waals surface area contributed by atoms with Crippen LogP contribution in [0.4, 0.5) is 4.39 Å². The topological polar surface area (TPSA) is 29.1 Å². The molecule has 1 aliphatic heterocycles. The van der Waals surface area contributed by atoms with Gasteiger partial charge in [0.1, 0.15) is 5.82 Å². The standard InChI is InChI=1S/C16H20Cl2FNO/c1-10(2)3-4-16(5-6-20-9-16)15(21)11-7-12(17)14(18)13(19)8-11/h7-8,10,20H,3-6,9H2,1-2H3/t16-/m1/s1. The number of hydrogen-bond donors (Lipinski definition) is 1. The maximum atomic E-state index is 13.7. The summed E-state index contributed by atoms with van der Waals surface area (Å²) in [5.74, 6) is -0.149. The van der Waals surface area contributed by atoms with Crippen LogP contribution in [0.3, 0.4) is 0 Å². The summed E-state index contributed by atoms with van der Waals surface area (Å²) in [6.07, 6.45) is 2.55. The van der Waals surface area contributed by atoms with Crippen molar-refractivity contribution >= 4 is 29.0 Å². The molecule has 0 bridgehead atoms. The van der Waals surface area contributed by atoms with E-state index in [9.17, 15) is 9.18 Å². The number of ketones is 1. The predicted molar refractivity (Wildman–Crippen MR) is 84.7 cm³/mol. The van der Waals surface area contributed by atoms with Gasteiger partial charge in [0.25, 0.3) is 0 Å². The second-order valence-corrected chi connectivity index (χ2v) is 7.01. The van der Waals surface area contributed by atoms with Crippen LogP contribution in [0.2, 0.25) is 10.0 Å². The Morgan fingerprint density at radius 1 is 1.43 bits per heavy atom. The lowest BCUT2D eigenvalue weighted by molar-refractivity contribution is 0.0794. The first-order valence-electron chi connectivity index (χ1n) is 7.26. The number of nitrogens with one attached hydrogen (secondary N) is 1. The molecule has 2 rings (SSSR count). The summed E-state index contributed by atoms with van der Waals surface area (Å²) in [5.41, 5.74) is -0.136. The van der Waals surface area contributed by atoms with Gasteiger partial charge in [0.05, 0.1) is 10.0 Å². The number of Topliss-reactive ketones (excluding diaryl/α,β-unsaturated/α-hetero) is 1. The van der Waals surface area contributed by atoms with Crippen molar-refractivity contribution in [2.75, 3.05) is 13.1 Å². The molecule has 21 heavy (non-hydrogen) atoms. The molecule has 0 aromatic heterocycles. The lowest BCUT2D eigenvalue weighted by Crippen LogP contribution is -2.34. The molecule has 1 atom stereocenters. The molecule has 0 aliphatic carbocycles. The van der Waals surface area contributed by atoms with E-state index in [1.807, 2.05) is 0 Å². The van der Waals surface area contributed by atoms with Gasteiger partial charge < -0.3 is 5.32 Å². The van der Waals surface area contributed by atoms with E-state index in [1.165, 1.54) is 12.1 Å². The zero-order chi connectivity index (χ0) is 15.6. The number of carbonyl (C=O) groups is 1. The molecular formula is C16H20Cl2FNO. The quantitative estimate of drug-likeness (QED) is 0.624. The monoisotopic (exact) mass is 331 g/mol. The van der Waals surface area contributed by atoms with Crippen molar-refractivity contribution in [3.63, 3.8) is 0 Å². The van der Waals surface area contributed by atoms with Gasteiger partial charge in [-0.3, -0.25) is 4.79 Å². The lowest BCUT2D eigenvalue weighted by atomic mass is 9.75. The highest BCUT2D eigenvalue weighted by molar-refractivity contribution is 6.42. The Bertz CT molecular complexity index is 516. The highest BCUT2D eigenvalue weighted by Gasteiger charge is 2.41. The zero-order valence-corrected chi connectivity index (χ0v) is 13.8. The highest BCUT2D eigenvalue weighted by atomic mass is 35.5. The molecule has 0 unspecified atom stereocenters.